The molecular weight excluding hydrogens is 610 g/mol. The van der Waals surface area contributed by atoms with Crippen molar-refractivity contribution >= 4 is 18.5 Å². The second-order valence-corrected chi connectivity index (χ2v) is 11.4. The largest absolute Gasteiger partial charge is 0.470 e. The first kappa shape index (κ1) is 38.4. The lowest BCUT2D eigenvalue weighted by Gasteiger charge is -2.27. The molecule has 2 aliphatic rings. The maximum atomic E-state index is 12.5. The lowest BCUT2D eigenvalue weighted by molar-refractivity contribution is -0.158. The van der Waals surface area contributed by atoms with Crippen molar-refractivity contribution in [1.82, 2.24) is 25.7 Å². The van der Waals surface area contributed by atoms with Crippen molar-refractivity contribution in [3.63, 3.8) is 0 Å². The number of aromatic nitrogens is 4. The Morgan fingerprint density at radius 1 is 0.791 bits per heavy atom. The van der Waals surface area contributed by atoms with Crippen molar-refractivity contribution in [1.29, 1.82) is 0 Å². The van der Waals surface area contributed by atoms with E-state index in [4.69, 9.17) is 14.9 Å². The van der Waals surface area contributed by atoms with E-state index in [1.165, 1.54) is 0 Å². The molecule has 0 aromatic carbocycles. The quantitative estimate of drug-likeness (QED) is 0.320. The van der Waals surface area contributed by atoms with E-state index in [2.05, 4.69) is 30.1 Å². The molecule has 0 atom stereocenters. The number of nitrogens with two attached hydrogens (primary N) is 1. The summed E-state index contributed by atoms with van der Waals surface area (Å²) in [6.45, 7) is 6.48. The molecule has 0 spiro atoms. The highest BCUT2D eigenvalue weighted by Gasteiger charge is 2.40. The van der Waals surface area contributed by atoms with Crippen LogP contribution in [0.25, 0.3) is 0 Å². The molecule has 0 bridgehead atoms. The van der Waals surface area contributed by atoms with Crippen molar-refractivity contribution in [2.75, 3.05) is 13.1 Å². The number of ether oxygens (including phenoxy) is 1. The van der Waals surface area contributed by atoms with Gasteiger partial charge >= 0.3 is 30.2 Å². The van der Waals surface area contributed by atoms with Crippen LogP contribution < -0.4 is 11.1 Å². The monoisotopic (exact) mass is 650 g/mol. The maximum Gasteiger partial charge on any atom is 0.470 e. The number of alkyl carbamates (subject to hydrolysis) is 1. The van der Waals surface area contributed by atoms with Crippen LogP contribution >= 0.6 is 12.4 Å². The summed E-state index contributed by atoms with van der Waals surface area (Å²) in [7, 11) is 0. The molecule has 3 N–H and O–H groups in total. The smallest absolute Gasteiger partial charge is 0.444 e. The third-order valence-electron chi connectivity index (χ3n) is 7.03. The summed E-state index contributed by atoms with van der Waals surface area (Å²) in [4.78, 5) is 11.6. The highest BCUT2D eigenvalue weighted by molar-refractivity contribution is 5.85. The number of alkyl halides is 6. The van der Waals surface area contributed by atoms with Gasteiger partial charge < -0.3 is 24.6 Å². The molecule has 0 unspecified atom stereocenters. The van der Waals surface area contributed by atoms with Gasteiger partial charge in [-0.3, -0.25) is 0 Å². The van der Waals surface area contributed by atoms with Crippen LogP contribution in [0.5, 0.6) is 0 Å². The van der Waals surface area contributed by atoms with Crippen molar-refractivity contribution in [3.8, 4) is 0 Å². The summed E-state index contributed by atoms with van der Waals surface area (Å²) in [5.41, 5.74) is 5.00. The van der Waals surface area contributed by atoms with Crippen molar-refractivity contribution in [2.45, 2.75) is 109 Å². The van der Waals surface area contributed by atoms with Gasteiger partial charge in [-0.2, -0.15) is 26.3 Å². The van der Waals surface area contributed by atoms with Gasteiger partial charge in [0, 0.05) is 18.4 Å². The van der Waals surface area contributed by atoms with E-state index in [1.807, 2.05) is 0 Å². The van der Waals surface area contributed by atoms with Crippen molar-refractivity contribution in [3.05, 3.63) is 23.6 Å². The average Bonchev–Trinajstić information content (AvgIpc) is 3.58. The molecule has 17 heteroatoms. The van der Waals surface area contributed by atoms with Gasteiger partial charge in [0.15, 0.2) is 0 Å². The second kappa shape index (κ2) is 15.9. The Balaban J connectivity index is 0.000000432. The third kappa shape index (κ3) is 12.1. The van der Waals surface area contributed by atoms with Crippen LogP contribution in [0, 0.1) is 11.8 Å². The number of carbonyl (C=O) groups is 1. The molecular formula is C26H41ClF6N6O4. The highest BCUT2D eigenvalue weighted by atomic mass is 35.5. The van der Waals surface area contributed by atoms with Crippen LogP contribution in [-0.2, 0) is 17.1 Å². The topological polar surface area (TPSA) is 142 Å². The molecule has 10 nitrogen and oxygen atoms in total. The number of nitrogens with zero attached hydrogens (tertiary/aromatic N) is 4. The first-order valence-electron chi connectivity index (χ1n) is 13.5. The fraction of sp³-hybridized carbons (Fsp3) is 0.808. The number of nitrogens with one attached hydrogen (secondary N) is 1. The summed E-state index contributed by atoms with van der Waals surface area (Å²) in [6, 6.07) is 0. The van der Waals surface area contributed by atoms with Crippen LogP contribution in [0.15, 0.2) is 8.83 Å². The summed E-state index contributed by atoms with van der Waals surface area (Å²) in [6.07, 6.45) is -3.44. The Hall–Kier alpha value is -2.62. The molecule has 0 radical (unpaired) electrons. The second-order valence-electron chi connectivity index (χ2n) is 11.4. The highest BCUT2D eigenvalue weighted by Crippen LogP contribution is 2.38. The Labute approximate surface area is 252 Å². The minimum atomic E-state index is -4.61. The minimum absolute atomic E-state index is 0. The van der Waals surface area contributed by atoms with E-state index in [1.54, 1.807) is 20.8 Å². The van der Waals surface area contributed by atoms with Crippen LogP contribution in [0.1, 0.15) is 115 Å². The van der Waals surface area contributed by atoms with E-state index in [0.717, 1.165) is 38.5 Å². The van der Waals surface area contributed by atoms with Crippen molar-refractivity contribution < 1.29 is 44.7 Å². The summed E-state index contributed by atoms with van der Waals surface area (Å²) in [5.74, 6) is -1.89. The molecule has 0 saturated heterocycles. The molecule has 2 aromatic rings. The molecule has 2 aliphatic carbocycles. The van der Waals surface area contributed by atoms with Gasteiger partial charge in [0.1, 0.15) is 5.60 Å². The van der Waals surface area contributed by atoms with Gasteiger partial charge in [-0.15, -0.1) is 32.8 Å². The van der Waals surface area contributed by atoms with Gasteiger partial charge in [0.25, 0.3) is 0 Å². The summed E-state index contributed by atoms with van der Waals surface area (Å²) >= 11 is 0. The lowest BCUT2D eigenvalue weighted by atomic mass is 9.82. The Bertz CT molecular complexity index is 1100. The zero-order valence-corrected chi connectivity index (χ0v) is 24.4. The van der Waals surface area contributed by atoms with Crippen molar-refractivity contribution in [2.24, 2.45) is 17.6 Å². The number of hydrogen-bond acceptors (Lipinski definition) is 9. The third-order valence-corrected chi connectivity index (χ3v) is 7.03. The first-order valence-corrected chi connectivity index (χ1v) is 13.5. The molecule has 1 amide bonds. The Morgan fingerprint density at radius 2 is 1.19 bits per heavy atom. The van der Waals surface area contributed by atoms with Gasteiger partial charge in [-0.1, -0.05) is 7.43 Å². The fourth-order valence-corrected chi connectivity index (χ4v) is 4.83. The zero-order valence-electron chi connectivity index (χ0n) is 23.6. The van der Waals surface area contributed by atoms with Gasteiger partial charge in [-0.05, 0) is 90.5 Å². The van der Waals surface area contributed by atoms with E-state index in [-0.39, 0.29) is 49.4 Å². The van der Waals surface area contributed by atoms with Gasteiger partial charge in [-0.25, -0.2) is 4.79 Å². The van der Waals surface area contributed by atoms with Gasteiger partial charge in [0.2, 0.25) is 11.8 Å². The number of rotatable bonds is 5. The first-order chi connectivity index (χ1) is 19.0. The lowest BCUT2D eigenvalue weighted by Crippen LogP contribution is -2.36. The molecule has 4 rings (SSSR count). The molecule has 2 heterocycles. The summed E-state index contributed by atoms with van der Waals surface area (Å²) in [5, 5.41) is 15.8. The number of carbonyl (C=O) groups excluding carboxylic acids is 1. The fourth-order valence-electron chi connectivity index (χ4n) is 4.83. The average molecular weight is 651 g/mol. The Morgan fingerprint density at radius 3 is 1.51 bits per heavy atom. The maximum absolute atomic E-state index is 12.5. The van der Waals surface area contributed by atoms with E-state index >= 15 is 0 Å². The molecule has 43 heavy (non-hydrogen) atoms. The van der Waals surface area contributed by atoms with Crippen LogP contribution in [-0.4, -0.2) is 45.2 Å². The standard InChI is InChI=1S/C15H22F3N3O3.C10H14F3N3O.CH4.ClH/c1-14(2,3)24-13(22)19-8-9-4-6-10(7-5-9)11-20-21-12(23-11)15(16,17)18;11-10(12,13)9-16-15-8(17-9)7-3-1-6(5-14)2-4-7;;/h9-10H,4-8H2,1-3H3,(H,19,22);6-7H,1-5,14H2;1H4;1H. The minimum Gasteiger partial charge on any atom is -0.444 e. The van der Waals surface area contributed by atoms with Crippen LogP contribution in [0.4, 0.5) is 31.1 Å². The number of hydrogen-bond donors (Lipinski definition) is 2. The molecule has 2 saturated carbocycles. The van der Waals surface area contributed by atoms with Crippen LogP contribution in [0.3, 0.4) is 0 Å². The summed E-state index contributed by atoms with van der Waals surface area (Å²) < 4.78 is 88.8. The van der Waals surface area contributed by atoms with E-state index in [9.17, 15) is 31.1 Å². The van der Waals surface area contributed by atoms with E-state index in [0.29, 0.717) is 31.8 Å². The molecule has 248 valence electrons. The Kier molecular flexibility index (Phi) is 14.2. The molecule has 2 aromatic heterocycles. The predicted molar refractivity (Wildman–Crippen MR) is 145 cm³/mol. The normalized spacial score (nSPS) is 22.7. The number of halogens is 7. The molecule has 0 aliphatic heterocycles. The van der Waals surface area contributed by atoms with Gasteiger partial charge in [0.05, 0.1) is 0 Å². The zero-order chi connectivity index (χ0) is 30.4. The number of amides is 1. The SMILES string of the molecule is C.CC(C)(C)OC(=O)NCC1CCC(c2nnc(C(F)(F)F)o2)CC1.Cl.NCC1CCC(c2nnc(C(F)(F)F)o2)CC1. The molecule has 2 fully saturated rings. The predicted octanol–water partition coefficient (Wildman–Crippen LogP) is 7.27. The van der Waals surface area contributed by atoms with E-state index < -0.39 is 35.8 Å². The van der Waals surface area contributed by atoms with Crippen LogP contribution in [0.2, 0.25) is 0 Å².